The Labute approximate surface area is 190 Å². The Kier molecular flexibility index (Phi) is 7.05. The Hall–Kier alpha value is -2.12. The zero-order valence-corrected chi connectivity index (χ0v) is 19.5. The zero-order valence-electron chi connectivity index (χ0n) is 19.5. The molecule has 176 valence electrons. The minimum atomic E-state index is -0.278. The van der Waals surface area contributed by atoms with E-state index in [1.807, 2.05) is 24.3 Å². The van der Waals surface area contributed by atoms with Gasteiger partial charge in [-0.1, -0.05) is 25.5 Å². The Bertz CT molecular complexity index is 807. The van der Waals surface area contributed by atoms with Crippen molar-refractivity contribution in [3.8, 4) is 5.75 Å². The molecule has 2 saturated heterocycles. The molecule has 1 aromatic carbocycles. The molecule has 0 unspecified atom stereocenters. The van der Waals surface area contributed by atoms with Gasteiger partial charge in [-0.3, -0.25) is 9.59 Å². The van der Waals surface area contributed by atoms with Crippen LogP contribution in [0, 0.1) is 11.8 Å². The van der Waals surface area contributed by atoms with Crippen molar-refractivity contribution < 1.29 is 23.8 Å². The molecule has 1 N–H and O–H groups in total. The van der Waals surface area contributed by atoms with E-state index in [0.29, 0.717) is 43.9 Å². The van der Waals surface area contributed by atoms with Crippen LogP contribution in [-0.2, 0) is 19.1 Å². The van der Waals surface area contributed by atoms with Crippen LogP contribution in [0.4, 0.5) is 0 Å². The van der Waals surface area contributed by atoms with Crippen LogP contribution in [0.1, 0.15) is 58.1 Å². The zero-order chi connectivity index (χ0) is 22.7. The highest BCUT2D eigenvalue weighted by Crippen LogP contribution is 2.47. The average molecular weight is 445 g/mol. The molecule has 0 spiro atoms. The van der Waals surface area contributed by atoms with E-state index in [1.54, 1.807) is 11.8 Å². The monoisotopic (exact) mass is 444 g/mol. The molecule has 7 nitrogen and oxygen atoms in total. The first kappa shape index (κ1) is 23.1. The van der Waals surface area contributed by atoms with Gasteiger partial charge >= 0.3 is 0 Å². The molecule has 0 aromatic heterocycles. The number of hydrogen-bond acceptors (Lipinski definition) is 5. The summed E-state index contributed by atoms with van der Waals surface area (Å²) in [5.41, 5.74) is 0.796. The van der Waals surface area contributed by atoms with Crippen molar-refractivity contribution in [3.63, 3.8) is 0 Å². The van der Waals surface area contributed by atoms with Crippen LogP contribution in [0.2, 0.25) is 0 Å². The summed E-state index contributed by atoms with van der Waals surface area (Å²) in [6, 6.07) is 7.83. The van der Waals surface area contributed by atoms with Gasteiger partial charge in [-0.15, -0.1) is 0 Å². The van der Waals surface area contributed by atoms with E-state index in [0.717, 1.165) is 24.8 Å². The highest BCUT2D eigenvalue weighted by Gasteiger charge is 2.49. The van der Waals surface area contributed by atoms with Gasteiger partial charge in [0.25, 0.3) is 5.91 Å². The molecular formula is C25H36N2O5. The van der Waals surface area contributed by atoms with Gasteiger partial charge in [0.1, 0.15) is 5.75 Å². The van der Waals surface area contributed by atoms with Gasteiger partial charge in [-0.05, 0) is 43.4 Å². The molecule has 5 atom stereocenters. The van der Waals surface area contributed by atoms with Crippen LogP contribution in [-0.4, -0.2) is 61.3 Å². The number of nitrogens with zero attached hydrogens (tertiary/aromatic N) is 1. The molecule has 7 heteroatoms. The molecule has 1 saturated carbocycles. The predicted octanol–water partition coefficient (Wildman–Crippen LogP) is 3.09. The fourth-order valence-electron chi connectivity index (χ4n) is 5.57. The van der Waals surface area contributed by atoms with Crippen LogP contribution >= 0.6 is 0 Å². The fourth-order valence-corrected chi connectivity index (χ4v) is 5.57. The van der Waals surface area contributed by atoms with E-state index < -0.39 is 0 Å². The quantitative estimate of drug-likeness (QED) is 0.755. The summed E-state index contributed by atoms with van der Waals surface area (Å²) in [5, 5.41) is 3.25. The number of carbonyl (C=O) groups is 2. The summed E-state index contributed by atoms with van der Waals surface area (Å²) in [4.78, 5) is 26.1. The Morgan fingerprint density at radius 3 is 2.59 bits per heavy atom. The van der Waals surface area contributed by atoms with E-state index in [4.69, 9.17) is 14.2 Å². The fraction of sp³-hybridized carbons (Fsp3) is 0.680. The minimum Gasteiger partial charge on any atom is -0.484 e. The van der Waals surface area contributed by atoms with Gasteiger partial charge in [0, 0.05) is 37.9 Å². The van der Waals surface area contributed by atoms with Crippen molar-refractivity contribution in [1.82, 2.24) is 10.2 Å². The number of nitrogens with one attached hydrogen (secondary N) is 1. The van der Waals surface area contributed by atoms with E-state index >= 15 is 0 Å². The Morgan fingerprint density at radius 1 is 1.19 bits per heavy atom. The Balaban J connectivity index is 1.41. The first-order chi connectivity index (χ1) is 15.3. The molecule has 1 aromatic rings. The van der Waals surface area contributed by atoms with Crippen molar-refractivity contribution in [2.75, 3.05) is 32.9 Å². The van der Waals surface area contributed by atoms with Crippen molar-refractivity contribution in [1.29, 1.82) is 0 Å². The standard InChI is InChI=1S/C25H36N2O5/c1-17-4-9-21-22(14-17)32-23(15-25(21,3)26-18(2)28)19-5-7-20(8-6-19)31-16-24(29)27-10-12-30-13-11-27/h5-8,17,21-23H,4,9-16H2,1-3H3,(H,26,28)/t17-,21-,22-,23-,25+/m1/s1. The summed E-state index contributed by atoms with van der Waals surface area (Å²) in [6.45, 7) is 8.49. The predicted molar refractivity (Wildman–Crippen MR) is 120 cm³/mol. The lowest BCUT2D eigenvalue weighted by atomic mass is 9.66. The largest absolute Gasteiger partial charge is 0.484 e. The van der Waals surface area contributed by atoms with E-state index in [9.17, 15) is 9.59 Å². The second kappa shape index (κ2) is 9.79. The van der Waals surface area contributed by atoms with Crippen LogP contribution in [0.5, 0.6) is 5.75 Å². The molecule has 32 heavy (non-hydrogen) atoms. The third-order valence-electron chi connectivity index (χ3n) is 7.26. The summed E-state index contributed by atoms with van der Waals surface area (Å²) in [7, 11) is 0. The third-order valence-corrected chi connectivity index (χ3v) is 7.26. The van der Waals surface area contributed by atoms with E-state index in [-0.39, 0.29) is 36.2 Å². The molecule has 3 aliphatic rings. The van der Waals surface area contributed by atoms with Gasteiger partial charge in [-0.2, -0.15) is 0 Å². The molecule has 3 fully saturated rings. The molecule has 1 aliphatic carbocycles. The molecule has 0 bridgehead atoms. The highest BCUT2D eigenvalue weighted by molar-refractivity contribution is 5.77. The van der Waals surface area contributed by atoms with Crippen molar-refractivity contribution >= 4 is 11.8 Å². The van der Waals surface area contributed by atoms with Gasteiger partial charge in [-0.25, -0.2) is 0 Å². The molecule has 2 heterocycles. The third kappa shape index (κ3) is 5.26. The SMILES string of the molecule is CC(=O)N[C@@]1(C)C[C@H](c2ccc(OCC(=O)N3CCOCC3)cc2)O[C@@H]2C[C@H](C)CC[C@H]21. The van der Waals surface area contributed by atoms with Crippen molar-refractivity contribution in [2.45, 2.75) is 64.2 Å². The topological polar surface area (TPSA) is 77.1 Å². The van der Waals surface area contributed by atoms with Crippen LogP contribution in [0.3, 0.4) is 0 Å². The molecule has 4 rings (SSSR count). The first-order valence-corrected chi connectivity index (χ1v) is 11.9. The number of benzene rings is 1. The lowest BCUT2D eigenvalue weighted by molar-refractivity contribution is -0.153. The lowest BCUT2D eigenvalue weighted by Crippen LogP contribution is -2.60. The highest BCUT2D eigenvalue weighted by atomic mass is 16.5. The number of ether oxygens (including phenoxy) is 3. The molecule has 0 radical (unpaired) electrons. The number of morpholine rings is 1. The maximum absolute atomic E-state index is 12.3. The maximum Gasteiger partial charge on any atom is 0.260 e. The smallest absolute Gasteiger partial charge is 0.260 e. The lowest BCUT2D eigenvalue weighted by Gasteiger charge is -2.52. The molecular weight excluding hydrogens is 408 g/mol. The second-order valence-electron chi connectivity index (χ2n) is 9.84. The van der Waals surface area contributed by atoms with Crippen molar-refractivity contribution in [2.24, 2.45) is 11.8 Å². The average Bonchev–Trinajstić information content (AvgIpc) is 2.77. The number of hydrogen-bond donors (Lipinski definition) is 1. The number of fused-ring (bicyclic) bond motifs is 1. The van der Waals surface area contributed by atoms with Gasteiger partial charge in [0.05, 0.1) is 25.4 Å². The van der Waals surface area contributed by atoms with Crippen LogP contribution in [0.15, 0.2) is 24.3 Å². The minimum absolute atomic E-state index is 0.0132. The van der Waals surface area contributed by atoms with Crippen molar-refractivity contribution in [3.05, 3.63) is 29.8 Å². The second-order valence-corrected chi connectivity index (χ2v) is 9.84. The van der Waals surface area contributed by atoms with Gasteiger partial charge in [0.2, 0.25) is 5.91 Å². The first-order valence-electron chi connectivity index (χ1n) is 11.9. The molecule has 2 aliphatic heterocycles. The summed E-state index contributed by atoms with van der Waals surface area (Å²) >= 11 is 0. The van der Waals surface area contributed by atoms with Crippen LogP contribution in [0.25, 0.3) is 0 Å². The Morgan fingerprint density at radius 2 is 1.91 bits per heavy atom. The normalized spacial score (nSPS) is 32.7. The number of carbonyl (C=O) groups excluding carboxylic acids is 2. The summed E-state index contributed by atoms with van der Waals surface area (Å²) in [6.07, 6.45) is 4.11. The van der Waals surface area contributed by atoms with Gasteiger partial charge in [0.15, 0.2) is 6.61 Å². The molecule has 2 amide bonds. The maximum atomic E-state index is 12.3. The van der Waals surface area contributed by atoms with E-state index in [2.05, 4.69) is 19.2 Å². The van der Waals surface area contributed by atoms with Gasteiger partial charge < -0.3 is 24.4 Å². The summed E-state index contributed by atoms with van der Waals surface area (Å²) in [5.74, 6) is 1.64. The number of rotatable bonds is 5. The van der Waals surface area contributed by atoms with E-state index in [1.165, 1.54) is 6.42 Å². The summed E-state index contributed by atoms with van der Waals surface area (Å²) < 4.78 is 17.6. The van der Waals surface area contributed by atoms with Crippen LogP contribution < -0.4 is 10.1 Å². The number of amides is 2.